The minimum atomic E-state index is -0.478. The molecule has 3 aromatic rings. The third-order valence-corrected chi connectivity index (χ3v) is 3.81. The molecule has 5 nitrogen and oxygen atoms in total. The van der Waals surface area contributed by atoms with Crippen molar-refractivity contribution in [2.45, 2.75) is 0 Å². The molecular formula is C18H13ClN2O3. The van der Waals surface area contributed by atoms with Crippen molar-refractivity contribution < 1.29 is 15.0 Å². The number of phenolic OH excluding ortho intramolecular Hbond substituents is 2. The Kier molecular flexibility index (Phi) is 4.35. The fraction of sp³-hybridized carbons (Fsp3) is 0. The number of hydrogen-bond acceptors (Lipinski definition) is 4. The summed E-state index contributed by atoms with van der Waals surface area (Å²) in [6.45, 7) is 0. The fourth-order valence-electron chi connectivity index (χ4n) is 2.25. The van der Waals surface area contributed by atoms with Crippen LogP contribution in [0.3, 0.4) is 0 Å². The van der Waals surface area contributed by atoms with E-state index in [-0.39, 0.29) is 22.1 Å². The number of amides is 1. The summed E-state index contributed by atoms with van der Waals surface area (Å²) < 4.78 is 0. The van der Waals surface area contributed by atoms with E-state index in [0.717, 1.165) is 5.39 Å². The van der Waals surface area contributed by atoms with Crippen LogP contribution < -0.4 is 5.43 Å². The average molecular weight is 341 g/mol. The first kappa shape index (κ1) is 15.8. The quantitative estimate of drug-likeness (QED) is 0.502. The number of hydrogen-bond donors (Lipinski definition) is 3. The molecule has 3 N–H and O–H groups in total. The topological polar surface area (TPSA) is 81.9 Å². The lowest BCUT2D eigenvalue weighted by atomic mass is 10.1. The summed E-state index contributed by atoms with van der Waals surface area (Å²) in [4.78, 5) is 12.0. The van der Waals surface area contributed by atoms with Crippen molar-refractivity contribution in [1.82, 2.24) is 5.43 Å². The predicted molar refractivity (Wildman–Crippen MR) is 93.8 cm³/mol. The van der Waals surface area contributed by atoms with E-state index in [0.29, 0.717) is 10.9 Å². The number of fused-ring (bicyclic) bond motifs is 1. The Hall–Kier alpha value is -3.05. The van der Waals surface area contributed by atoms with Gasteiger partial charge in [0.1, 0.15) is 11.5 Å². The van der Waals surface area contributed by atoms with Crippen molar-refractivity contribution in [3.8, 4) is 11.5 Å². The SMILES string of the molecule is O=C(N/N=C/c1ccc2ccccc2c1O)c1ccc(O)c(Cl)c1. The maximum Gasteiger partial charge on any atom is 0.271 e. The first-order valence-electron chi connectivity index (χ1n) is 7.09. The zero-order valence-electron chi connectivity index (χ0n) is 12.4. The van der Waals surface area contributed by atoms with Crippen LogP contribution in [0, 0.1) is 0 Å². The number of nitrogens with one attached hydrogen (secondary N) is 1. The van der Waals surface area contributed by atoms with E-state index in [4.69, 9.17) is 11.6 Å². The van der Waals surface area contributed by atoms with Gasteiger partial charge in [-0.3, -0.25) is 4.79 Å². The molecule has 0 unspecified atom stereocenters. The van der Waals surface area contributed by atoms with E-state index >= 15 is 0 Å². The Labute approximate surface area is 142 Å². The Morgan fingerprint density at radius 2 is 1.88 bits per heavy atom. The Balaban J connectivity index is 1.77. The minimum absolute atomic E-state index is 0.0822. The number of rotatable bonds is 3. The lowest BCUT2D eigenvalue weighted by Gasteiger charge is -2.04. The molecule has 0 bridgehead atoms. The van der Waals surface area contributed by atoms with Gasteiger partial charge in [-0.05, 0) is 29.7 Å². The van der Waals surface area contributed by atoms with Crippen LogP contribution in [-0.2, 0) is 0 Å². The van der Waals surface area contributed by atoms with E-state index < -0.39 is 5.91 Å². The first-order valence-corrected chi connectivity index (χ1v) is 7.46. The molecule has 0 heterocycles. The second-order valence-electron chi connectivity index (χ2n) is 5.09. The van der Waals surface area contributed by atoms with E-state index in [2.05, 4.69) is 10.5 Å². The van der Waals surface area contributed by atoms with Gasteiger partial charge in [-0.1, -0.05) is 41.9 Å². The van der Waals surface area contributed by atoms with Crippen molar-refractivity contribution in [1.29, 1.82) is 0 Å². The first-order chi connectivity index (χ1) is 11.6. The highest BCUT2D eigenvalue weighted by atomic mass is 35.5. The van der Waals surface area contributed by atoms with Crippen molar-refractivity contribution in [2.75, 3.05) is 0 Å². The number of hydrazone groups is 1. The molecule has 0 aliphatic rings. The molecule has 6 heteroatoms. The third kappa shape index (κ3) is 3.16. The summed E-state index contributed by atoms with van der Waals surface area (Å²) in [5, 5.41) is 25.1. The lowest BCUT2D eigenvalue weighted by Crippen LogP contribution is -2.17. The predicted octanol–water partition coefficient (Wildman–Crippen LogP) is 3.67. The molecule has 0 fully saturated rings. The van der Waals surface area contributed by atoms with Crippen LogP contribution in [0.4, 0.5) is 0 Å². The van der Waals surface area contributed by atoms with Crippen LogP contribution >= 0.6 is 11.6 Å². The number of carbonyl (C=O) groups excluding carboxylic acids is 1. The zero-order valence-corrected chi connectivity index (χ0v) is 13.2. The molecule has 24 heavy (non-hydrogen) atoms. The Morgan fingerprint density at radius 3 is 2.67 bits per heavy atom. The number of phenols is 2. The standard InChI is InChI=1S/C18H13ClN2O3/c19-15-9-12(7-8-16(15)22)18(24)21-20-10-13-6-5-11-3-1-2-4-14(11)17(13)23/h1-10,22-23H,(H,21,24)/b20-10+. The van der Waals surface area contributed by atoms with Gasteiger partial charge in [-0.2, -0.15) is 5.10 Å². The average Bonchev–Trinajstić information content (AvgIpc) is 2.59. The molecule has 0 aromatic heterocycles. The molecule has 0 radical (unpaired) electrons. The van der Waals surface area contributed by atoms with E-state index in [9.17, 15) is 15.0 Å². The molecule has 120 valence electrons. The highest BCUT2D eigenvalue weighted by Gasteiger charge is 2.08. The summed E-state index contributed by atoms with van der Waals surface area (Å²) in [6.07, 6.45) is 1.36. The highest BCUT2D eigenvalue weighted by Crippen LogP contribution is 2.27. The zero-order chi connectivity index (χ0) is 17.1. The van der Waals surface area contributed by atoms with Crippen molar-refractivity contribution >= 4 is 34.5 Å². The second kappa shape index (κ2) is 6.60. The van der Waals surface area contributed by atoms with Gasteiger partial charge in [-0.15, -0.1) is 0 Å². The number of benzene rings is 3. The van der Waals surface area contributed by atoms with Crippen molar-refractivity contribution in [2.24, 2.45) is 5.10 Å². The molecule has 1 amide bonds. The molecule has 0 saturated heterocycles. The highest BCUT2D eigenvalue weighted by molar-refractivity contribution is 6.32. The number of nitrogens with zero attached hydrogens (tertiary/aromatic N) is 1. The van der Waals surface area contributed by atoms with Crippen LogP contribution in [-0.4, -0.2) is 22.3 Å². The summed E-state index contributed by atoms with van der Waals surface area (Å²) in [5.41, 5.74) is 3.09. The minimum Gasteiger partial charge on any atom is -0.507 e. The third-order valence-electron chi connectivity index (χ3n) is 3.51. The second-order valence-corrected chi connectivity index (χ2v) is 5.50. The summed E-state index contributed by atoms with van der Waals surface area (Å²) in [6, 6.07) is 15.1. The van der Waals surface area contributed by atoms with Crippen molar-refractivity contribution in [3.05, 3.63) is 70.7 Å². The molecule has 3 aromatic carbocycles. The monoisotopic (exact) mass is 340 g/mol. The van der Waals surface area contributed by atoms with E-state index in [1.165, 1.54) is 24.4 Å². The van der Waals surface area contributed by atoms with Crippen LogP contribution in [0.15, 0.2) is 59.7 Å². The van der Waals surface area contributed by atoms with Gasteiger partial charge in [0.2, 0.25) is 0 Å². The van der Waals surface area contributed by atoms with Crippen LogP contribution in [0.1, 0.15) is 15.9 Å². The summed E-state index contributed by atoms with van der Waals surface area (Å²) >= 11 is 5.76. The van der Waals surface area contributed by atoms with Gasteiger partial charge in [0.05, 0.1) is 11.2 Å². The molecule has 0 spiro atoms. The maximum absolute atomic E-state index is 12.0. The smallest absolute Gasteiger partial charge is 0.271 e. The van der Waals surface area contributed by atoms with Crippen LogP contribution in [0.2, 0.25) is 5.02 Å². The Morgan fingerprint density at radius 1 is 1.08 bits per heavy atom. The van der Waals surface area contributed by atoms with Gasteiger partial charge < -0.3 is 10.2 Å². The number of halogens is 1. The molecular weight excluding hydrogens is 328 g/mol. The van der Waals surface area contributed by atoms with Crippen LogP contribution in [0.5, 0.6) is 11.5 Å². The van der Waals surface area contributed by atoms with Crippen molar-refractivity contribution in [3.63, 3.8) is 0 Å². The largest absolute Gasteiger partial charge is 0.507 e. The maximum atomic E-state index is 12.0. The summed E-state index contributed by atoms with van der Waals surface area (Å²) in [7, 11) is 0. The number of carbonyl (C=O) groups is 1. The van der Waals surface area contributed by atoms with E-state index in [1.54, 1.807) is 12.1 Å². The van der Waals surface area contributed by atoms with Gasteiger partial charge >= 0.3 is 0 Å². The molecule has 0 saturated carbocycles. The Bertz CT molecular complexity index is 954. The van der Waals surface area contributed by atoms with Crippen LogP contribution in [0.25, 0.3) is 10.8 Å². The van der Waals surface area contributed by atoms with Gasteiger partial charge in [0.25, 0.3) is 5.91 Å². The van der Waals surface area contributed by atoms with Gasteiger partial charge in [0.15, 0.2) is 0 Å². The normalized spacial score (nSPS) is 11.0. The summed E-state index contributed by atoms with van der Waals surface area (Å²) in [5.74, 6) is -0.481. The fourth-order valence-corrected chi connectivity index (χ4v) is 2.43. The lowest BCUT2D eigenvalue weighted by molar-refractivity contribution is 0.0955. The molecule has 3 rings (SSSR count). The van der Waals surface area contributed by atoms with Gasteiger partial charge in [0, 0.05) is 16.5 Å². The molecule has 0 atom stereocenters. The molecule has 0 aliphatic heterocycles. The van der Waals surface area contributed by atoms with Gasteiger partial charge in [-0.25, -0.2) is 5.43 Å². The van der Waals surface area contributed by atoms with E-state index in [1.807, 2.05) is 24.3 Å². The molecule has 0 aliphatic carbocycles. The number of aromatic hydroxyl groups is 2.